The van der Waals surface area contributed by atoms with Crippen molar-refractivity contribution in [1.29, 1.82) is 0 Å². The molecule has 0 atom stereocenters. The normalized spacial score (nSPS) is 14.2. The summed E-state index contributed by atoms with van der Waals surface area (Å²) in [5.74, 6) is 1.27. The molecule has 0 aliphatic carbocycles. The molecule has 1 aliphatic heterocycles. The zero-order valence-electron chi connectivity index (χ0n) is 17.6. The first-order chi connectivity index (χ1) is 15.5. The fraction of sp³-hybridized carbons (Fsp3) is 0.217. The summed E-state index contributed by atoms with van der Waals surface area (Å²) in [6, 6.07) is 18.4. The molecular weight excluding hydrogens is 428 g/mol. The summed E-state index contributed by atoms with van der Waals surface area (Å²) in [5, 5.41) is 0. The van der Waals surface area contributed by atoms with E-state index in [0.29, 0.717) is 24.4 Å². The number of ether oxygens (including phenoxy) is 1. The Balaban J connectivity index is 1.41. The number of hydrogen-bond donors (Lipinski definition) is 0. The molecule has 9 heteroatoms. The molecule has 2 aromatic carbocycles. The standard InChI is InChI=1S/C23H23N4O4S/c1-31-21-7-3-2-6-20(21)25-32(29,30)19-11-9-18(10-12-19)23(28)27-16-14-26(15-17-27)22-8-4-5-13-24-22/h2-13H,14-17H2,1H3/q-1/p+1. The van der Waals surface area contributed by atoms with Crippen molar-refractivity contribution in [3.63, 3.8) is 0 Å². The van der Waals surface area contributed by atoms with Crippen molar-refractivity contribution in [2.75, 3.05) is 38.2 Å². The fourth-order valence-corrected chi connectivity index (χ4v) is 4.57. The minimum Gasteiger partial charge on any atom is -0.570 e. The van der Waals surface area contributed by atoms with Gasteiger partial charge in [0.25, 0.3) is 11.7 Å². The third-order valence-corrected chi connectivity index (χ3v) is 6.61. The van der Waals surface area contributed by atoms with Gasteiger partial charge in [-0.05, 0) is 36.4 Å². The number of anilines is 1. The number of aromatic amines is 1. The van der Waals surface area contributed by atoms with Crippen LogP contribution in [0.1, 0.15) is 10.4 Å². The van der Waals surface area contributed by atoms with E-state index >= 15 is 0 Å². The first-order valence-corrected chi connectivity index (χ1v) is 11.6. The van der Waals surface area contributed by atoms with Crippen LogP contribution in [0.2, 0.25) is 0 Å². The van der Waals surface area contributed by atoms with Gasteiger partial charge in [0, 0.05) is 11.6 Å². The Hall–Kier alpha value is -3.59. The van der Waals surface area contributed by atoms with Crippen molar-refractivity contribution in [3.8, 4) is 5.75 Å². The number of benzene rings is 2. The van der Waals surface area contributed by atoms with E-state index in [0.717, 1.165) is 18.9 Å². The summed E-state index contributed by atoms with van der Waals surface area (Å²) >= 11 is 0. The number of aromatic nitrogens is 1. The number of para-hydroxylation sites is 1. The Kier molecular flexibility index (Phi) is 6.27. The summed E-state index contributed by atoms with van der Waals surface area (Å²) in [6.07, 6.45) is 1.88. The SMILES string of the molecule is COc1ccccc1[N-]S(=O)(=O)c1ccc(C(=O)N2CCN(c3cccc[nH+]3)CC2)cc1. The monoisotopic (exact) mass is 452 g/mol. The van der Waals surface area contributed by atoms with E-state index in [4.69, 9.17) is 4.74 Å². The maximum Gasteiger partial charge on any atom is 0.274 e. The maximum atomic E-state index is 12.9. The van der Waals surface area contributed by atoms with Gasteiger partial charge in [0.05, 0.1) is 31.3 Å². The van der Waals surface area contributed by atoms with E-state index in [9.17, 15) is 13.2 Å². The Bertz CT molecular complexity index is 1180. The molecule has 8 nitrogen and oxygen atoms in total. The number of pyridine rings is 1. The zero-order chi connectivity index (χ0) is 22.6. The van der Waals surface area contributed by atoms with Crippen LogP contribution in [0.25, 0.3) is 4.72 Å². The van der Waals surface area contributed by atoms with Crippen LogP contribution in [0.4, 0.5) is 11.5 Å². The van der Waals surface area contributed by atoms with Crippen molar-refractivity contribution in [1.82, 2.24) is 4.90 Å². The molecule has 32 heavy (non-hydrogen) atoms. The van der Waals surface area contributed by atoms with E-state index in [1.165, 1.54) is 31.4 Å². The van der Waals surface area contributed by atoms with Crippen molar-refractivity contribution in [2.45, 2.75) is 4.90 Å². The second-order valence-electron chi connectivity index (χ2n) is 7.29. The average Bonchev–Trinajstić information content (AvgIpc) is 2.84. The molecular formula is C23H24N4O4S. The van der Waals surface area contributed by atoms with Crippen LogP contribution >= 0.6 is 0 Å². The molecule has 166 valence electrons. The van der Waals surface area contributed by atoms with Crippen LogP contribution in [-0.2, 0) is 10.0 Å². The lowest BCUT2D eigenvalue weighted by Crippen LogP contribution is -2.50. The lowest BCUT2D eigenvalue weighted by Gasteiger charge is -2.31. The highest BCUT2D eigenvalue weighted by atomic mass is 32.2. The van der Waals surface area contributed by atoms with Gasteiger partial charge in [-0.15, -0.1) is 0 Å². The van der Waals surface area contributed by atoms with Gasteiger partial charge in [0.1, 0.15) is 28.9 Å². The van der Waals surface area contributed by atoms with Crippen LogP contribution < -0.4 is 14.6 Å². The van der Waals surface area contributed by atoms with E-state index in [1.54, 1.807) is 29.2 Å². The number of piperazine rings is 1. The molecule has 3 aromatic rings. The zero-order valence-corrected chi connectivity index (χ0v) is 18.5. The number of rotatable bonds is 6. The molecule has 4 rings (SSSR count). The van der Waals surface area contributed by atoms with Crippen LogP contribution in [0.5, 0.6) is 5.75 Å². The molecule has 1 aromatic heterocycles. The van der Waals surface area contributed by atoms with Gasteiger partial charge in [-0.2, -0.15) is 0 Å². The summed E-state index contributed by atoms with van der Waals surface area (Å²) in [7, 11) is -2.48. The number of amides is 1. The highest BCUT2D eigenvalue weighted by molar-refractivity contribution is 7.94. The van der Waals surface area contributed by atoms with E-state index < -0.39 is 10.0 Å². The number of hydrogen-bond acceptors (Lipinski definition) is 5. The van der Waals surface area contributed by atoms with E-state index in [2.05, 4.69) is 14.6 Å². The fourth-order valence-electron chi connectivity index (χ4n) is 3.57. The Labute approximate surface area is 187 Å². The quantitative estimate of drug-likeness (QED) is 0.573. The molecule has 1 aliphatic rings. The first kappa shape index (κ1) is 21.6. The van der Waals surface area contributed by atoms with Crippen molar-refractivity contribution >= 4 is 27.4 Å². The van der Waals surface area contributed by atoms with Crippen molar-refractivity contribution in [3.05, 3.63) is 83.2 Å². The third-order valence-electron chi connectivity index (χ3n) is 5.30. The topological polar surface area (TPSA) is 95.2 Å². The summed E-state index contributed by atoms with van der Waals surface area (Å²) < 4.78 is 34.4. The minimum atomic E-state index is -3.94. The predicted octanol–water partition coefficient (Wildman–Crippen LogP) is 2.87. The van der Waals surface area contributed by atoms with Gasteiger partial charge < -0.3 is 14.4 Å². The van der Waals surface area contributed by atoms with Gasteiger partial charge in [0.15, 0.2) is 0 Å². The van der Waals surface area contributed by atoms with Gasteiger partial charge in [-0.25, -0.2) is 13.4 Å². The van der Waals surface area contributed by atoms with Crippen molar-refractivity contribution in [2.24, 2.45) is 0 Å². The molecule has 1 N–H and O–H groups in total. The largest absolute Gasteiger partial charge is 0.570 e. The number of carbonyl (C=O) groups is 1. The average molecular weight is 453 g/mol. The summed E-state index contributed by atoms with van der Waals surface area (Å²) in [6.45, 7) is 2.61. The lowest BCUT2D eigenvalue weighted by atomic mass is 10.2. The van der Waals surface area contributed by atoms with Gasteiger partial charge >= 0.3 is 0 Å². The van der Waals surface area contributed by atoms with E-state index in [-0.39, 0.29) is 16.5 Å². The molecule has 1 saturated heterocycles. The minimum absolute atomic E-state index is 0.0180. The molecule has 0 spiro atoms. The van der Waals surface area contributed by atoms with Crippen LogP contribution in [-0.4, -0.2) is 52.5 Å². The van der Waals surface area contributed by atoms with E-state index in [1.807, 2.05) is 24.4 Å². The highest BCUT2D eigenvalue weighted by Gasteiger charge is 2.26. The Morgan fingerprint density at radius 3 is 2.28 bits per heavy atom. The highest BCUT2D eigenvalue weighted by Crippen LogP contribution is 2.35. The maximum absolute atomic E-state index is 12.9. The van der Waals surface area contributed by atoms with Crippen LogP contribution in [0.15, 0.2) is 77.8 Å². The number of nitrogens with zero attached hydrogens (tertiary/aromatic N) is 3. The number of H-pyrrole nitrogens is 1. The summed E-state index contributed by atoms with van der Waals surface area (Å²) in [5.41, 5.74) is 0.671. The lowest BCUT2D eigenvalue weighted by molar-refractivity contribution is -0.364. The predicted molar refractivity (Wildman–Crippen MR) is 121 cm³/mol. The van der Waals surface area contributed by atoms with Gasteiger partial charge in [-0.1, -0.05) is 30.0 Å². The first-order valence-electron chi connectivity index (χ1n) is 10.2. The molecule has 1 fully saturated rings. The number of methoxy groups -OCH3 is 1. The summed E-state index contributed by atoms with van der Waals surface area (Å²) in [4.78, 5) is 20.1. The van der Waals surface area contributed by atoms with Gasteiger partial charge in [-0.3, -0.25) is 9.69 Å². The third kappa shape index (κ3) is 4.67. The van der Waals surface area contributed by atoms with Crippen molar-refractivity contribution < 1.29 is 22.9 Å². The molecule has 2 heterocycles. The number of carbonyl (C=O) groups excluding carboxylic acids is 1. The smallest absolute Gasteiger partial charge is 0.274 e. The second kappa shape index (κ2) is 9.27. The Morgan fingerprint density at radius 1 is 0.938 bits per heavy atom. The second-order valence-corrected chi connectivity index (χ2v) is 8.89. The van der Waals surface area contributed by atoms with Gasteiger partial charge in [0.2, 0.25) is 0 Å². The number of sulfonamides is 1. The number of nitrogens with one attached hydrogen (secondary N) is 1. The molecule has 1 amide bonds. The molecule has 0 radical (unpaired) electrons. The van der Waals surface area contributed by atoms with Crippen LogP contribution in [0.3, 0.4) is 0 Å². The van der Waals surface area contributed by atoms with Crippen LogP contribution in [0, 0.1) is 0 Å². The molecule has 0 bridgehead atoms. The Morgan fingerprint density at radius 2 is 1.62 bits per heavy atom. The molecule has 0 saturated carbocycles. The molecule has 0 unspecified atom stereocenters.